The van der Waals surface area contributed by atoms with Crippen LogP contribution in [-0.4, -0.2) is 27.9 Å². The SMILES string of the molecule is Cc1cc2cc(C)c1CCCC(=O)Nc1cccc(c1)[C@@H](CC(=O)O)NC(=O)[C@@H]2Nc1ccc2c(N)nccc2c1. The van der Waals surface area contributed by atoms with Crippen LogP contribution < -0.4 is 21.7 Å². The highest BCUT2D eigenvalue weighted by molar-refractivity contribution is 5.94. The summed E-state index contributed by atoms with van der Waals surface area (Å²) >= 11 is 0. The third-order valence-corrected chi connectivity index (χ3v) is 7.52. The second kappa shape index (κ2) is 11.7. The number of rotatable bonds is 4. The first kappa shape index (κ1) is 27.6. The molecule has 6 rings (SSSR count). The van der Waals surface area contributed by atoms with Gasteiger partial charge in [-0.1, -0.05) is 24.3 Å². The number of aromatic nitrogens is 1. The van der Waals surface area contributed by atoms with Crippen molar-refractivity contribution in [3.63, 3.8) is 0 Å². The average Bonchev–Trinajstić information content (AvgIpc) is 2.92. The highest BCUT2D eigenvalue weighted by Crippen LogP contribution is 2.30. The molecule has 4 bridgehead atoms. The van der Waals surface area contributed by atoms with E-state index in [4.69, 9.17) is 5.73 Å². The van der Waals surface area contributed by atoms with Crippen molar-refractivity contribution in [1.29, 1.82) is 0 Å². The van der Waals surface area contributed by atoms with E-state index in [1.54, 1.807) is 30.5 Å². The fourth-order valence-corrected chi connectivity index (χ4v) is 5.51. The van der Waals surface area contributed by atoms with Crippen LogP contribution in [0.2, 0.25) is 0 Å². The maximum Gasteiger partial charge on any atom is 0.305 e. The van der Waals surface area contributed by atoms with Gasteiger partial charge in [0.15, 0.2) is 0 Å². The minimum absolute atomic E-state index is 0.114. The molecule has 9 heteroatoms. The number of carbonyl (C=O) groups excluding carboxylic acids is 2. The molecule has 2 amide bonds. The molecule has 0 unspecified atom stereocenters. The van der Waals surface area contributed by atoms with Crippen molar-refractivity contribution in [3.05, 3.63) is 94.7 Å². The molecule has 3 aromatic carbocycles. The number of nitrogens with one attached hydrogen (secondary N) is 3. The number of aryl methyl sites for hydroxylation is 2. The van der Waals surface area contributed by atoms with Crippen molar-refractivity contribution in [2.45, 2.75) is 51.6 Å². The molecule has 2 aliphatic heterocycles. The van der Waals surface area contributed by atoms with E-state index in [0.29, 0.717) is 35.6 Å². The number of pyridine rings is 1. The molecular formula is C32H33N5O4. The normalized spacial score (nSPS) is 17.6. The summed E-state index contributed by atoms with van der Waals surface area (Å²) < 4.78 is 0. The Labute approximate surface area is 238 Å². The standard InChI is InChI=1S/C32H33N5O4/c1-18-13-22-14-19(2)25(18)7-4-8-28(38)35-23-6-3-5-21(16-23)27(17-29(39)40)37-32(41)30(22)36-24-9-10-26-20(15-24)11-12-34-31(26)33/h3,5-6,9-16,27,30,36H,4,7-8,17H2,1-2H3,(H2,33,34)(H,35,38)(H,37,41)(H,39,40)/t27-,30-/m1/s1. The van der Waals surface area contributed by atoms with Crippen LogP contribution in [0.1, 0.15) is 59.2 Å². The number of nitrogens with zero attached hydrogens (tertiary/aromatic N) is 1. The van der Waals surface area contributed by atoms with Gasteiger partial charge in [-0.05, 0) is 96.3 Å². The average molecular weight is 552 g/mol. The Bertz CT molecular complexity index is 1630. The number of aliphatic carboxylic acids is 1. The summed E-state index contributed by atoms with van der Waals surface area (Å²) in [6, 6.07) is 16.8. The van der Waals surface area contributed by atoms with Crippen molar-refractivity contribution in [3.8, 4) is 0 Å². The van der Waals surface area contributed by atoms with E-state index in [2.05, 4.69) is 20.9 Å². The number of carboxylic acid groups (broad SMARTS) is 1. The largest absolute Gasteiger partial charge is 0.481 e. The first-order valence-corrected chi connectivity index (χ1v) is 13.6. The minimum atomic E-state index is -1.06. The van der Waals surface area contributed by atoms with E-state index in [9.17, 15) is 19.5 Å². The topological polar surface area (TPSA) is 146 Å². The van der Waals surface area contributed by atoms with Crippen LogP contribution in [0.4, 0.5) is 17.2 Å². The molecule has 0 aliphatic carbocycles. The molecule has 0 fully saturated rings. The monoisotopic (exact) mass is 551 g/mol. The zero-order chi connectivity index (χ0) is 29.1. The van der Waals surface area contributed by atoms with Gasteiger partial charge >= 0.3 is 5.97 Å². The van der Waals surface area contributed by atoms with E-state index >= 15 is 0 Å². The summed E-state index contributed by atoms with van der Waals surface area (Å²) in [5.74, 6) is -1.12. The lowest BCUT2D eigenvalue weighted by Gasteiger charge is -2.26. The van der Waals surface area contributed by atoms with Crippen LogP contribution in [0.15, 0.2) is 66.9 Å². The molecule has 0 radical (unpaired) electrons. The Morgan fingerprint density at radius 3 is 2.56 bits per heavy atom. The number of benzene rings is 3. The smallest absolute Gasteiger partial charge is 0.305 e. The lowest BCUT2D eigenvalue weighted by Crippen LogP contribution is -2.37. The lowest BCUT2D eigenvalue weighted by atomic mass is 9.92. The molecule has 2 aliphatic rings. The summed E-state index contributed by atoms with van der Waals surface area (Å²) in [5, 5.41) is 20.6. The summed E-state index contributed by atoms with van der Waals surface area (Å²) in [4.78, 5) is 42.6. The van der Waals surface area contributed by atoms with E-state index in [0.717, 1.165) is 39.4 Å². The van der Waals surface area contributed by atoms with Crippen molar-refractivity contribution >= 4 is 45.7 Å². The second-order valence-corrected chi connectivity index (χ2v) is 10.5. The minimum Gasteiger partial charge on any atom is -0.481 e. The molecule has 3 heterocycles. The molecule has 2 atom stereocenters. The van der Waals surface area contributed by atoms with Gasteiger partial charge in [0.25, 0.3) is 0 Å². The molecule has 6 N–H and O–H groups in total. The summed E-state index contributed by atoms with van der Waals surface area (Å²) in [6.45, 7) is 4.02. The number of carboxylic acids is 1. The maximum absolute atomic E-state index is 14.0. The van der Waals surface area contributed by atoms with Gasteiger partial charge in [-0.25, -0.2) is 4.98 Å². The van der Waals surface area contributed by atoms with Crippen molar-refractivity contribution in [1.82, 2.24) is 10.3 Å². The zero-order valence-corrected chi connectivity index (χ0v) is 23.0. The van der Waals surface area contributed by atoms with Gasteiger partial charge in [-0.3, -0.25) is 14.4 Å². The molecule has 9 nitrogen and oxygen atoms in total. The Kier molecular flexibility index (Phi) is 7.87. The van der Waals surface area contributed by atoms with Gasteiger partial charge in [-0.2, -0.15) is 0 Å². The number of hydrogen-bond donors (Lipinski definition) is 5. The maximum atomic E-state index is 14.0. The number of carbonyl (C=O) groups is 3. The molecular weight excluding hydrogens is 518 g/mol. The van der Waals surface area contributed by atoms with Gasteiger partial charge < -0.3 is 26.8 Å². The molecule has 41 heavy (non-hydrogen) atoms. The second-order valence-electron chi connectivity index (χ2n) is 10.5. The van der Waals surface area contributed by atoms with Crippen LogP contribution in [0.3, 0.4) is 0 Å². The number of fused-ring (bicyclic) bond motifs is 10. The first-order valence-electron chi connectivity index (χ1n) is 13.6. The summed E-state index contributed by atoms with van der Waals surface area (Å²) in [6.07, 6.45) is 3.07. The van der Waals surface area contributed by atoms with Gasteiger partial charge in [0.1, 0.15) is 11.9 Å². The number of nitrogen functional groups attached to an aromatic ring is 1. The molecule has 0 saturated heterocycles. The Morgan fingerprint density at radius 1 is 1.02 bits per heavy atom. The Morgan fingerprint density at radius 2 is 1.80 bits per heavy atom. The molecule has 210 valence electrons. The lowest BCUT2D eigenvalue weighted by molar-refractivity contribution is -0.137. The van der Waals surface area contributed by atoms with E-state index in [1.165, 1.54) is 0 Å². The summed E-state index contributed by atoms with van der Waals surface area (Å²) in [7, 11) is 0. The molecule has 0 saturated carbocycles. The van der Waals surface area contributed by atoms with E-state index < -0.39 is 18.1 Å². The molecule has 1 aromatic heterocycles. The number of anilines is 3. The van der Waals surface area contributed by atoms with Gasteiger partial charge in [-0.15, -0.1) is 0 Å². The number of hydrogen-bond acceptors (Lipinski definition) is 6. The van der Waals surface area contributed by atoms with Crippen molar-refractivity contribution in [2.24, 2.45) is 0 Å². The van der Waals surface area contributed by atoms with Gasteiger partial charge in [0.05, 0.1) is 12.5 Å². The number of amides is 2. The number of nitrogens with two attached hydrogens (primary N) is 1. The Hall–Kier alpha value is -4.92. The van der Waals surface area contributed by atoms with Crippen LogP contribution in [0, 0.1) is 13.8 Å². The first-order chi connectivity index (χ1) is 19.7. The highest BCUT2D eigenvalue weighted by Gasteiger charge is 2.27. The predicted octanol–water partition coefficient (Wildman–Crippen LogP) is 5.19. The van der Waals surface area contributed by atoms with Crippen molar-refractivity contribution < 1.29 is 19.5 Å². The molecule has 4 aromatic rings. The molecule has 0 spiro atoms. The fourth-order valence-electron chi connectivity index (χ4n) is 5.51. The predicted molar refractivity (Wildman–Crippen MR) is 160 cm³/mol. The van der Waals surface area contributed by atoms with Crippen LogP contribution in [-0.2, 0) is 20.8 Å². The third kappa shape index (κ3) is 6.30. The van der Waals surface area contributed by atoms with E-state index in [-0.39, 0.29) is 18.2 Å². The van der Waals surface area contributed by atoms with Gasteiger partial charge in [0, 0.05) is 29.4 Å². The third-order valence-electron chi connectivity index (χ3n) is 7.52. The van der Waals surface area contributed by atoms with Gasteiger partial charge in [0.2, 0.25) is 11.8 Å². The quantitative estimate of drug-likeness (QED) is 0.234. The highest BCUT2D eigenvalue weighted by atomic mass is 16.4. The zero-order valence-electron chi connectivity index (χ0n) is 23.0. The van der Waals surface area contributed by atoms with Crippen LogP contribution >= 0.6 is 0 Å². The fraction of sp³-hybridized carbons (Fsp3) is 0.250. The van der Waals surface area contributed by atoms with Crippen LogP contribution in [0.5, 0.6) is 0 Å². The van der Waals surface area contributed by atoms with Crippen molar-refractivity contribution in [2.75, 3.05) is 16.4 Å². The Balaban J connectivity index is 1.59. The van der Waals surface area contributed by atoms with E-state index in [1.807, 2.05) is 50.2 Å². The summed E-state index contributed by atoms with van der Waals surface area (Å²) in [5.41, 5.74) is 11.8. The van der Waals surface area contributed by atoms with Crippen LogP contribution in [0.25, 0.3) is 10.8 Å².